The van der Waals surface area contributed by atoms with E-state index in [1.165, 1.54) is 12.1 Å². The van der Waals surface area contributed by atoms with E-state index in [0.29, 0.717) is 23.0 Å². The number of fused-ring (bicyclic) bond motifs is 1. The average Bonchev–Trinajstić information content (AvgIpc) is 3.11. The summed E-state index contributed by atoms with van der Waals surface area (Å²) >= 11 is 0. The lowest BCUT2D eigenvalue weighted by atomic mass is 10.1. The van der Waals surface area contributed by atoms with E-state index < -0.39 is 0 Å². The lowest BCUT2D eigenvalue weighted by Crippen LogP contribution is -2.02. The number of nitrogens with one attached hydrogen (secondary N) is 2. The Morgan fingerprint density at radius 2 is 1.83 bits per heavy atom. The number of nitrogens with zero attached hydrogens (tertiary/aromatic N) is 3. The maximum absolute atomic E-state index is 13.0. The molecule has 0 saturated carbocycles. The van der Waals surface area contributed by atoms with Crippen molar-refractivity contribution >= 4 is 28.4 Å². The van der Waals surface area contributed by atoms with Crippen LogP contribution in [0.3, 0.4) is 0 Å². The molecule has 4 rings (SSSR count). The molecule has 0 aliphatic heterocycles. The number of nitrogen functional groups attached to an aromatic ring is 1. The van der Waals surface area contributed by atoms with Gasteiger partial charge in [-0.05, 0) is 36.4 Å². The molecule has 0 saturated heterocycles. The fourth-order valence-corrected chi connectivity index (χ4v) is 2.56. The van der Waals surface area contributed by atoms with Gasteiger partial charge in [0.1, 0.15) is 11.6 Å². The van der Waals surface area contributed by atoms with E-state index in [4.69, 9.17) is 5.73 Å². The summed E-state index contributed by atoms with van der Waals surface area (Å²) in [6.45, 7) is 0. The summed E-state index contributed by atoms with van der Waals surface area (Å²) in [5.74, 6) is 0.409. The van der Waals surface area contributed by atoms with Gasteiger partial charge in [-0.15, -0.1) is 0 Å². The third-order valence-electron chi connectivity index (χ3n) is 3.64. The molecular weight excluding hydrogens is 307 g/mol. The highest BCUT2D eigenvalue weighted by atomic mass is 19.1. The van der Waals surface area contributed by atoms with Gasteiger partial charge in [0, 0.05) is 17.4 Å². The van der Waals surface area contributed by atoms with Crippen molar-refractivity contribution in [3.05, 3.63) is 60.5 Å². The monoisotopic (exact) mass is 320 g/mol. The van der Waals surface area contributed by atoms with E-state index in [-0.39, 0.29) is 5.82 Å². The SMILES string of the molecule is Nc1nc(Nc2ccc(F)cc2)nc2cccc(-c3ccn[nH]3)c12. The minimum atomic E-state index is -0.302. The van der Waals surface area contributed by atoms with E-state index >= 15 is 0 Å². The average molecular weight is 320 g/mol. The van der Waals surface area contributed by atoms with Crippen LogP contribution < -0.4 is 11.1 Å². The Balaban J connectivity index is 1.79. The molecule has 6 nitrogen and oxygen atoms in total. The van der Waals surface area contributed by atoms with Crippen LogP contribution in [0.5, 0.6) is 0 Å². The van der Waals surface area contributed by atoms with E-state index in [1.807, 2.05) is 24.3 Å². The van der Waals surface area contributed by atoms with Crippen LogP contribution in [0.1, 0.15) is 0 Å². The third kappa shape index (κ3) is 2.52. The predicted molar refractivity (Wildman–Crippen MR) is 91.2 cm³/mol. The third-order valence-corrected chi connectivity index (χ3v) is 3.64. The number of aromatic amines is 1. The Kier molecular flexibility index (Phi) is 3.31. The summed E-state index contributed by atoms with van der Waals surface area (Å²) in [5.41, 5.74) is 9.27. The van der Waals surface area contributed by atoms with Crippen LogP contribution in [0.2, 0.25) is 0 Å². The summed E-state index contributed by atoms with van der Waals surface area (Å²) in [5, 5.41) is 10.7. The maximum Gasteiger partial charge on any atom is 0.229 e. The first kappa shape index (κ1) is 14.1. The van der Waals surface area contributed by atoms with Crippen molar-refractivity contribution in [3.63, 3.8) is 0 Å². The molecule has 0 bridgehead atoms. The van der Waals surface area contributed by atoms with Gasteiger partial charge in [-0.3, -0.25) is 5.10 Å². The van der Waals surface area contributed by atoms with Crippen molar-refractivity contribution in [3.8, 4) is 11.3 Å². The second-order valence-corrected chi connectivity index (χ2v) is 5.23. The van der Waals surface area contributed by atoms with Gasteiger partial charge < -0.3 is 11.1 Å². The van der Waals surface area contributed by atoms with Gasteiger partial charge in [0.15, 0.2) is 0 Å². The van der Waals surface area contributed by atoms with E-state index in [2.05, 4.69) is 25.5 Å². The predicted octanol–water partition coefficient (Wildman–Crippen LogP) is 3.48. The van der Waals surface area contributed by atoms with Crippen LogP contribution in [0.15, 0.2) is 54.7 Å². The standard InChI is InChI=1S/C17H13FN6/c18-10-4-6-11(7-5-10)21-17-22-14-3-1-2-12(13-8-9-20-24-13)15(14)16(19)23-17/h1-9H,(H,20,24)(H3,19,21,22,23). The number of hydrogen-bond acceptors (Lipinski definition) is 5. The quantitative estimate of drug-likeness (QED) is 0.537. The van der Waals surface area contributed by atoms with Crippen LogP contribution >= 0.6 is 0 Å². The molecule has 2 heterocycles. The second kappa shape index (κ2) is 5.62. The molecular formula is C17H13FN6. The van der Waals surface area contributed by atoms with Crippen molar-refractivity contribution in [1.29, 1.82) is 0 Å². The number of aromatic nitrogens is 4. The molecule has 0 atom stereocenters. The zero-order valence-corrected chi connectivity index (χ0v) is 12.5. The lowest BCUT2D eigenvalue weighted by Gasteiger charge is -2.10. The first-order chi connectivity index (χ1) is 11.7. The number of anilines is 3. The van der Waals surface area contributed by atoms with Gasteiger partial charge in [0.2, 0.25) is 5.95 Å². The minimum absolute atomic E-state index is 0.302. The van der Waals surface area contributed by atoms with Gasteiger partial charge in [-0.2, -0.15) is 10.1 Å². The van der Waals surface area contributed by atoms with Gasteiger partial charge in [-0.1, -0.05) is 12.1 Å². The molecule has 7 heteroatoms. The summed E-state index contributed by atoms with van der Waals surface area (Å²) in [6.07, 6.45) is 1.68. The summed E-state index contributed by atoms with van der Waals surface area (Å²) in [7, 11) is 0. The highest BCUT2D eigenvalue weighted by Crippen LogP contribution is 2.30. The summed E-state index contributed by atoms with van der Waals surface area (Å²) in [6, 6.07) is 13.5. The summed E-state index contributed by atoms with van der Waals surface area (Å²) < 4.78 is 13.0. The van der Waals surface area contributed by atoms with Crippen LogP contribution in [0, 0.1) is 5.82 Å². The molecule has 0 amide bonds. The Hall–Kier alpha value is -3.48. The fraction of sp³-hybridized carbons (Fsp3) is 0. The number of nitrogens with two attached hydrogens (primary N) is 1. The number of benzene rings is 2. The molecule has 0 aliphatic carbocycles. The second-order valence-electron chi connectivity index (χ2n) is 5.23. The van der Waals surface area contributed by atoms with Crippen molar-refractivity contribution in [2.75, 3.05) is 11.1 Å². The maximum atomic E-state index is 13.0. The molecule has 118 valence electrons. The minimum Gasteiger partial charge on any atom is -0.383 e. The highest BCUT2D eigenvalue weighted by molar-refractivity contribution is 6.01. The zero-order valence-electron chi connectivity index (χ0n) is 12.5. The topological polar surface area (TPSA) is 92.5 Å². The van der Waals surface area contributed by atoms with Gasteiger partial charge >= 0.3 is 0 Å². The van der Waals surface area contributed by atoms with E-state index in [0.717, 1.165) is 16.6 Å². The van der Waals surface area contributed by atoms with Crippen molar-refractivity contribution < 1.29 is 4.39 Å². The Morgan fingerprint density at radius 3 is 2.58 bits per heavy atom. The molecule has 2 aromatic carbocycles. The molecule has 4 aromatic rings. The largest absolute Gasteiger partial charge is 0.383 e. The molecule has 0 fully saturated rings. The molecule has 0 radical (unpaired) electrons. The van der Waals surface area contributed by atoms with Crippen molar-refractivity contribution in [1.82, 2.24) is 20.2 Å². The lowest BCUT2D eigenvalue weighted by molar-refractivity contribution is 0.628. The number of H-pyrrole nitrogens is 1. The van der Waals surface area contributed by atoms with E-state index in [1.54, 1.807) is 18.3 Å². The zero-order chi connectivity index (χ0) is 16.5. The molecule has 0 spiro atoms. The van der Waals surface area contributed by atoms with Crippen LogP contribution in [-0.4, -0.2) is 20.2 Å². The van der Waals surface area contributed by atoms with Crippen LogP contribution in [-0.2, 0) is 0 Å². The first-order valence-electron chi connectivity index (χ1n) is 7.29. The Bertz CT molecular complexity index is 996. The summed E-state index contributed by atoms with van der Waals surface area (Å²) in [4.78, 5) is 8.81. The smallest absolute Gasteiger partial charge is 0.229 e. The fourth-order valence-electron chi connectivity index (χ4n) is 2.56. The number of rotatable bonds is 3. The normalized spacial score (nSPS) is 10.9. The van der Waals surface area contributed by atoms with Crippen LogP contribution in [0.4, 0.5) is 21.8 Å². The number of halogens is 1. The molecule has 2 aromatic heterocycles. The van der Waals surface area contributed by atoms with E-state index in [9.17, 15) is 4.39 Å². The van der Waals surface area contributed by atoms with Crippen molar-refractivity contribution in [2.24, 2.45) is 0 Å². The van der Waals surface area contributed by atoms with Crippen LogP contribution in [0.25, 0.3) is 22.2 Å². The Morgan fingerprint density at radius 1 is 1.00 bits per heavy atom. The van der Waals surface area contributed by atoms with Gasteiger partial charge in [-0.25, -0.2) is 9.37 Å². The molecule has 4 N–H and O–H groups in total. The Labute approximate surface area is 136 Å². The van der Waals surface area contributed by atoms with Crippen molar-refractivity contribution in [2.45, 2.75) is 0 Å². The molecule has 0 unspecified atom stereocenters. The molecule has 24 heavy (non-hydrogen) atoms. The highest BCUT2D eigenvalue weighted by Gasteiger charge is 2.12. The van der Waals surface area contributed by atoms with Gasteiger partial charge in [0.25, 0.3) is 0 Å². The van der Waals surface area contributed by atoms with Gasteiger partial charge in [0.05, 0.1) is 16.6 Å². The molecule has 0 aliphatic rings. The number of hydrogen-bond donors (Lipinski definition) is 3. The first-order valence-corrected chi connectivity index (χ1v) is 7.29.